The fourth-order valence-electron chi connectivity index (χ4n) is 3.35. The summed E-state index contributed by atoms with van der Waals surface area (Å²) in [6, 6.07) is 19.2. The van der Waals surface area contributed by atoms with Gasteiger partial charge in [0, 0.05) is 17.0 Å². The van der Waals surface area contributed by atoms with Crippen LogP contribution in [0.25, 0.3) is 11.3 Å². The van der Waals surface area contributed by atoms with Gasteiger partial charge < -0.3 is 10.3 Å². The molecule has 4 rings (SSSR count). The number of benzene rings is 2. The minimum atomic E-state index is -3.75. The number of aromatic nitrogens is 2. The number of carbonyl (C=O) groups excluding carboxylic acids is 1. The van der Waals surface area contributed by atoms with Crippen LogP contribution >= 0.6 is 11.3 Å². The van der Waals surface area contributed by atoms with Crippen molar-refractivity contribution in [1.29, 1.82) is 0 Å². The molecule has 0 aliphatic rings. The highest BCUT2D eigenvalue weighted by Gasteiger charge is 2.20. The molecule has 3 N–H and O–H groups in total. The number of nitrogens with one attached hydrogen (secondary N) is 3. The van der Waals surface area contributed by atoms with Gasteiger partial charge in [0.05, 0.1) is 22.8 Å². The van der Waals surface area contributed by atoms with E-state index in [1.165, 1.54) is 23.5 Å². The van der Waals surface area contributed by atoms with Crippen molar-refractivity contribution in [3.05, 3.63) is 94.6 Å². The van der Waals surface area contributed by atoms with E-state index in [2.05, 4.69) is 20.0 Å². The van der Waals surface area contributed by atoms with Crippen LogP contribution < -0.4 is 10.0 Å². The van der Waals surface area contributed by atoms with E-state index in [0.717, 1.165) is 16.1 Å². The maximum absolute atomic E-state index is 12.9. The number of sulfonamides is 1. The van der Waals surface area contributed by atoms with Gasteiger partial charge in [0.2, 0.25) is 10.0 Å². The quantitative estimate of drug-likeness (QED) is 0.328. The van der Waals surface area contributed by atoms with Gasteiger partial charge in [-0.3, -0.25) is 4.79 Å². The standard InChI is InChI=1S/C24H24N4O3S2/c1-2-21(23-25-16-22(27-23)17-8-4-3-5-9-17)28-24(29)18-10-6-12-20(14-18)33(30,31)26-15-19-11-7-13-32-19/h3-14,16,21,26H,2,15H2,1H3,(H,25,27)(H,28,29). The molecular formula is C24H24N4O3S2. The Balaban J connectivity index is 1.47. The summed E-state index contributed by atoms with van der Waals surface area (Å²) in [4.78, 5) is 21.6. The summed E-state index contributed by atoms with van der Waals surface area (Å²) in [5.41, 5.74) is 2.14. The minimum Gasteiger partial charge on any atom is -0.342 e. The zero-order chi connectivity index (χ0) is 23.3. The van der Waals surface area contributed by atoms with Gasteiger partial charge in [-0.15, -0.1) is 11.3 Å². The highest BCUT2D eigenvalue weighted by molar-refractivity contribution is 7.89. The van der Waals surface area contributed by atoms with Crippen LogP contribution in [-0.4, -0.2) is 24.3 Å². The lowest BCUT2D eigenvalue weighted by Crippen LogP contribution is -2.29. The third kappa shape index (κ3) is 5.57. The molecule has 0 bridgehead atoms. The number of aromatic amines is 1. The summed E-state index contributed by atoms with van der Waals surface area (Å²) >= 11 is 1.47. The second-order valence-electron chi connectivity index (χ2n) is 7.41. The van der Waals surface area contributed by atoms with Gasteiger partial charge in [0.15, 0.2) is 0 Å². The SMILES string of the molecule is CCC(NC(=O)c1cccc(S(=O)(=O)NCc2cccs2)c1)c1ncc(-c2ccccc2)[nH]1. The van der Waals surface area contributed by atoms with Crippen molar-refractivity contribution in [2.75, 3.05) is 0 Å². The van der Waals surface area contributed by atoms with Crippen molar-refractivity contribution < 1.29 is 13.2 Å². The highest BCUT2D eigenvalue weighted by atomic mass is 32.2. The summed E-state index contributed by atoms with van der Waals surface area (Å²) in [7, 11) is -3.75. The number of thiophene rings is 1. The minimum absolute atomic E-state index is 0.0455. The number of nitrogens with zero attached hydrogens (tertiary/aromatic N) is 1. The zero-order valence-electron chi connectivity index (χ0n) is 18.0. The fourth-order valence-corrected chi connectivity index (χ4v) is 5.14. The molecule has 0 saturated carbocycles. The predicted octanol–water partition coefficient (Wildman–Crippen LogP) is 4.50. The molecule has 0 saturated heterocycles. The molecule has 2 aromatic heterocycles. The first-order valence-electron chi connectivity index (χ1n) is 10.5. The van der Waals surface area contributed by atoms with Gasteiger partial charge in [-0.1, -0.05) is 49.4 Å². The van der Waals surface area contributed by atoms with E-state index in [-0.39, 0.29) is 29.0 Å². The number of hydrogen-bond acceptors (Lipinski definition) is 5. The van der Waals surface area contributed by atoms with Crippen LogP contribution in [0.2, 0.25) is 0 Å². The van der Waals surface area contributed by atoms with Gasteiger partial charge >= 0.3 is 0 Å². The monoisotopic (exact) mass is 480 g/mol. The molecule has 33 heavy (non-hydrogen) atoms. The van der Waals surface area contributed by atoms with Gasteiger partial charge in [-0.05, 0) is 41.6 Å². The van der Waals surface area contributed by atoms with Crippen molar-refractivity contribution in [3.63, 3.8) is 0 Å². The molecule has 9 heteroatoms. The summed E-state index contributed by atoms with van der Waals surface area (Å²) in [5.74, 6) is 0.279. The third-order valence-corrected chi connectivity index (χ3v) is 7.42. The normalized spacial score (nSPS) is 12.4. The highest BCUT2D eigenvalue weighted by Crippen LogP contribution is 2.21. The molecule has 170 valence electrons. The molecule has 1 unspecified atom stereocenters. The van der Waals surface area contributed by atoms with Crippen molar-refractivity contribution >= 4 is 27.3 Å². The van der Waals surface area contributed by atoms with Gasteiger partial charge in [0.1, 0.15) is 5.82 Å². The molecule has 2 aromatic carbocycles. The number of hydrogen-bond donors (Lipinski definition) is 3. The van der Waals surface area contributed by atoms with E-state index >= 15 is 0 Å². The Hall–Kier alpha value is -3.27. The second kappa shape index (κ2) is 10.1. The van der Waals surface area contributed by atoms with Crippen LogP contribution in [0.15, 0.2) is 83.2 Å². The van der Waals surface area contributed by atoms with Crippen LogP contribution in [0.3, 0.4) is 0 Å². The number of H-pyrrole nitrogens is 1. The number of rotatable bonds is 9. The number of amides is 1. The van der Waals surface area contributed by atoms with Gasteiger partial charge in [-0.25, -0.2) is 18.1 Å². The van der Waals surface area contributed by atoms with E-state index in [0.29, 0.717) is 12.2 Å². The van der Waals surface area contributed by atoms with E-state index in [9.17, 15) is 13.2 Å². The number of imidazole rings is 1. The lowest BCUT2D eigenvalue weighted by Gasteiger charge is -2.15. The van der Waals surface area contributed by atoms with Crippen LogP contribution in [-0.2, 0) is 16.6 Å². The largest absolute Gasteiger partial charge is 0.342 e. The first-order valence-corrected chi connectivity index (χ1v) is 12.9. The average molecular weight is 481 g/mol. The Bertz CT molecular complexity index is 1320. The van der Waals surface area contributed by atoms with E-state index in [1.807, 2.05) is 54.8 Å². The zero-order valence-corrected chi connectivity index (χ0v) is 19.6. The molecule has 2 heterocycles. The molecule has 1 atom stereocenters. The Morgan fingerprint density at radius 1 is 1.09 bits per heavy atom. The molecule has 0 aliphatic carbocycles. The molecule has 4 aromatic rings. The Kier molecular flexibility index (Phi) is 7.02. The topological polar surface area (TPSA) is 104 Å². The van der Waals surface area contributed by atoms with Crippen LogP contribution in [0.5, 0.6) is 0 Å². The lowest BCUT2D eigenvalue weighted by atomic mass is 10.1. The Labute approximate surface area is 197 Å². The predicted molar refractivity (Wildman–Crippen MR) is 129 cm³/mol. The van der Waals surface area contributed by atoms with Crippen molar-refractivity contribution in [2.45, 2.75) is 30.8 Å². The van der Waals surface area contributed by atoms with Crippen LogP contribution in [0.4, 0.5) is 0 Å². The smallest absolute Gasteiger partial charge is 0.251 e. The van der Waals surface area contributed by atoms with E-state index in [1.54, 1.807) is 18.3 Å². The summed E-state index contributed by atoms with van der Waals surface area (Å²) in [6.45, 7) is 2.15. The maximum Gasteiger partial charge on any atom is 0.251 e. The van der Waals surface area contributed by atoms with Crippen LogP contribution in [0, 0.1) is 0 Å². The summed E-state index contributed by atoms with van der Waals surface area (Å²) in [6.07, 6.45) is 2.36. The summed E-state index contributed by atoms with van der Waals surface area (Å²) < 4.78 is 27.9. The summed E-state index contributed by atoms with van der Waals surface area (Å²) in [5, 5.41) is 4.84. The lowest BCUT2D eigenvalue weighted by molar-refractivity contribution is 0.0933. The Morgan fingerprint density at radius 3 is 2.64 bits per heavy atom. The molecule has 0 spiro atoms. The molecule has 1 amide bonds. The van der Waals surface area contributed by atoms with E-state index < -0.39 is 10.0 Å². The molecule has 0 aliphatic heterocycles. The Morgan fingerprint density at radius 2 is 1.91 bits per heavy atom. The maximum atomic E-state index is 12.9. The fraction of sp³-hybridized carbons (Fsp3) is 0.167. The van der Waals surface area contributed by atoms with Gasteiger partial charge in [0.25, 0.3) is 5.91 Å². The van der Waals surface area contributed by atoms with Gasteiger partial charge in [-0.2, -0.15) is 0 Å². The number of carbonyl (C=O) groups is 1. The first kappa shape index (κ1) is 22.9. The first-order chi connectivity index (χ1) is 16.0. The third-order valence-electron chi connectivity index (χ3n) is 5.15. The van der Waals surface area contributed by atoms with Crippen molar-refractivity contribution in [3.8, 4) is 11.3 Å². The van der Waals surface area contributed by atoms with E-state index in [4.69, 9.17) is 0 Å². The average Bonchev–Trinajstić information content (AvgIpc) is 3.54. The molecule has 7 nitrogen and oxygen atoms in total. The van der Waals surface area contributed by atoms with Crippen molar-refractivity contribution in [2.24, 2.45) is 0 Å². The molecular weight excluding hydrogens is 456 g/mol. The molecule has 0 fully saturated rings. The second-order valence-corrected chi connectivity index (χ2v) is 10.2. The van der Waals surface area contributed by atoms with Crippen LogP contribution in [0.1, 0.15) is 40.4 Å². The van der Waals surface area contributed by atoms with Crippen molar-refractivity contribution in [1.82, 2.24) is 20.0 Å². The molecule has 0 radical (unpaired) electrons.